The van der Waals surface area contributed by atoms with E-state index in [1.807, 2.05) is 13.8 Å². The maximum absolute atomic E-state index is 13.6. The van der Waals surface area contributed by atoms with Gasteiger partial charge in [0.25, 0.3) is 0 Å². The molecule has 0 aromatic heterocycles. The highest BCUT2D eigenvalue weighted by Gasteiger charge is 2.37. The van der Waals surface area contributed by atoms with E-state index in [2.05, 4.69) is 27.7 Å². The molecule has 11 heteroatoms. The maximum atomic E-state index is 13.6. The quantitative estimate of drug-likeness (QED) is 0.0331. The third-order valence-corrected chi connectivity index (χ3v) is 7.79. The van der Waals surface area contributed by atoms with Gasteiger partial charge in [-0.2, -0.15) is 0 Å². The summed E-state index contributed by atoms with van der Waals surface area (Å²) >= 11 is 0. The minimum Gasteiger partial charge on any atom is -0.373 e. The smallest absolute Gasteiger partial charge is 0.373 e. The standard InChI is InChI=1S/C30H62NO9P/c1-7-13-19-34-28(25-31(27-32)37-22-16-10-4)30(36-21-15-9-3)29(35-20-14-8-2)26-40-41(33,38-23-17-11-5)39-24-18-12-6/h27-30H,7-26H2,1-6H3/t28-,29+,30-/m0/s1. The first-order chi connectivity index (χ1) is 19.9. The molecule has 246 valence electrons. The third-order valence-electron chi connectivity index (χ3n) is 6.32. The summed E-state index contributed by atoms with van der Waals surface area (Å²) in [5.41, 5.74) is 0. The van der Waals surface area contributed by atoms with E-state index in [1.165, 1.54) is 5.06 Å². The number of rotatable bonds is 32. The van der Waals surface area contributed by atoms with E-state index in [4.69, 9.17) is 32.6 Å². The number of carbonyl (C=O) groups is 1. The first kappa shape index (κ1) is 40.4. The lowest BCUT2D eigenvalue weighted by molar-refractivity contribution is -0.203. The number of ether oxygens (including phenoxy) is 3. The second-order valence-corrected chi connectivity index (χ2v) is 11.9. The first-order valence-corrected chi connectivity index (χ1v) is 17.6. The fourth-order valence-corrected chi connectivity index (χ4v) is 4.87. The molecule has 0 aliphatic heterocycles. The molecule has 0 N–H and O–H groups in total. The summed E-state index contributed by atoms with van der Waals surface area (Å²) in [7, 11) is -3.82. The van der Waals surface area contributed by atoms with Crippen LogP contribution in [0.25, 0.3) is 0 Å². The van der Waals surface area contributed by atoms with Gasteiger partial charge in [0, 0.05) is 19.8 Å². The number of phosphoric acid groups is 1. The van der Waals surface area contributed by atoms with E-state index in [0.29, 0.717) is 32.8 Å². The second kappa shape index (κ2) is 28.2. The van der Waals surface area contributed by atoms with Crippen molar-refractivity contribution < 1.29 is 42.0 Å². The SMILES string of the molecule is CCCCO[C@@H]([C@H](CN(C=O)OCCCC)OCCCC)[C@@H](COP(=O)(OCCCC)OCCCC)OCCCC. The average molecular weight is 612 g/mol. The Morgan fingerprint density at radius 3 is 1.51 bits per heavy atom. The summed E-state index contributed by atoms with van der Waals surface area (Å²) in [5.74, 6) is 0. The summed E-state index contributed by atoms with van der Waals surface area (Å²) in [6.07, 6.45) is 9.40. The van der Waals surface area contributed by atoms with Crippen molar-refractivity contribution in [3.05, 3.63) is 0 Å². The first-order valence-electron chi connectivity index (χ1n) is 16.2. The number of nitrogens with zero attached hydrogens (tertiary/aromatic N) is 1. The fourth-order valence-electron chi connectivity index (χ4n) is 3.61. The topological polar surface area (TPSA) is 102 Å². The Morgan fingerprint density at radius 2 is 1.02 bits per heavy atom. The Bertz CT molecular complexity index is 615. The van der Waals surface area contributed by atoms with Crippen molar-refractivity contribution in [1.82, 2.24) is 5.06 Å². The number of hydrogen-bond donors (Lipinski definition) is 0. The predicted octanol–water partition coefficient (Wildman–Crippen LogP) is 7.49. The minimum absolute atomic E-state index is 0.0680. The van der Waals surface area contributed by atoms with Gasteiger partial charge in [-0.1, -0.05) is 80.1 Å². The van der Waals surface area contributed by atoms with Crippen LogP contribution in [0, 0.1) is 0 Å². The normalized spacial score (nSPS) is 14.2. The van der Waals surface area contributed by atoms with Gasteiger partial charge in [0.2, 0.25) is 6.41 Å². The zero-order valence-electron chi connectivity index (χ0n) is 27.0. The van der Waals surface area contributed by atoms with E-state index >= 15 is 0 Å². The predicted molar refractivity (Wildman–Crippen MR) is 163 cm³/mol. The maximum Gasteiger partial charge on any atom is 0.474 e. The molecular weight excluding hydrogens is 549 g/mol. The second-order valence-electron chi connectivity index (χ2n) is 10.2. The van der Waals surface area contributed by atoms with Crippen molar-refractivity contribution in [3.63, 3.8) is 0 Å². The molecule has 10 nitrogen and oxygen atoms in total. The van der Waals surface area contributed by atoms with Crippen LogP contribution in [0.15, 0.2) is 0 Å². The lowest BCUT2D eigenvalue weighted by Gasteiger charge is -2.35. The molecule has 41 heavy (non-hydrogen) atoms. The van der Waals surface area contributed by atoms with Crippen LogP contribution in [0.2, 0.25) is 0 Å². The summed E-state index contributed by atoms with van der Waals surface area (Å²) in [6.45, 7) is 15.0. The zero-order chi connectivity index (χ0) is 30.6. The molecule has 0 aliphatic rings. The number of carbonyl (C=O) groups excluding carboxylic acids is 1. The third kappa shape index (κ3) is 20.9. The van der Waals surface area contributed by atoms with Gasteiger partial charge in [0.05, 0.1) is 33.0 Å². The average Bonchev–Trinajstić information content (AvgIpc) is 2.97. The molecule has 1 amide bonds. The molecule has 0 radical (unpaired) electrons. The van der Waals surface area contributed by atoms with E-state index in [0.717, 1.165) is 77.0 Å². The number of unbranched alkanes of at least 4 members (excludes halogenated alkanes) is 6. The molecule has 0 saturated heterocycles. The highest BCUT2D eigenvalue weighted by atomic mass is 31.2. The molecule has 0 aliphatic carbocycles. The van der Waals surface area contributed by atoms with Gasteiger partial charge >= 0.3 is 7.82 Å². The molecule has 0 rings (SSSR count). The molecule has 0 bridgehead atoms. The lowest BCUT2D eigenvalue weighted by atomic mass is 10.1. The molecule has 0 unspecified atom stereocenters. The van der Waals surface area contributed by atoms with Crippen LogP contribution < -0.4 is 0 Å². The van der Waals surface area contributed by atoms with Crippen molar-refractivity contribution in [1.29, 1.82) is 0 Å². The van der Waals surface area contributed by atoms with Gasteiger partial charge in [0.1, 0.15) is 18.3 Å². The monoisotopic (exact) mass is 611 g/mol. The Balaban J connectivity index is 6.07. The summed E-state index contributed by atoms with van der Waals surface area (Å²) in [5, 5.41) is 1.28. The van der Waals surface area contributed by atoms with Crippen molar-refractivity contribution >= 4 is 14.2 Å². The highest BCUT2D eigenvalue weighted by molar-refractivity contribution is 7.48. The van der Waals surface area contributed by atoms with Crippen molar-refractivity contribution in [2.75, 3.05) is 52.8 Å². The summed E-state index contributed by atoms with van der Waals surface area (Å²) in [4.78, 5) is 17.6. The largest absolute Gasteiger partial charge is 0.474 e. The Hall–Kier alpha value is -0.580. The van der Waals surface area contributed by atoms with E-state index in [1.54, 1.807) is 0 Å². The van der Waals surface area contributed by atoms with Crippen LogP contribution in [-0.4, -0.2) is 82.6 Å². The van der Waals surface area contributed by atoms with Crippen LogP contribution in [0.3, 0.4) is 0 Å². The number of phosphoric ester groups is 1. The summed E-state index contributed by atoms with van der Waals surface area (Å²) < 4.78 is 49.8. The molecular formula is C30H62NO9P. The van der Waals surface area contributed by atoms with Crippen LogP contribution in [0.5, 0.6) is 0 Å². The van der Waals surface area contributed by atoms with Crippen LogP contribution >= 0.6 is 7.82 Å². The van der Waals surface area contributed by atoms with Gasteiger partial charge in [-0.25, -0.2) is 9.63 Å². The van der Waals surface area contributed by atoms with Gasteiger partial charge in [-0.3, -0.25) is 23.2 Å². The van der Waals surface area contributed by atoms with E-state index in [9.17, 15) is 9.36 Å². The Morgan fingerprint density at radius 1 is 0.585 bits per heavy atom. The molecule has 3 atom stereocenters. The van der Waals surface area contributed by atoms with Crippen LogP contribution in [0.4, 0.5) is 0 Å². The molecule has 0 spiro atoms. The van der Waals surface area contributed by atoms with Crippen molar-refractivity contribution in [2.45, 2.75) is 137 Å². The van der Waals surface area contributed by atoms with E-state index < -0.39 is 26.1 Å². The zero-order valence-corrected chi connectivity index (χ0v) is 27.9. The molecule has 0 fully saturated rings. The number of amides is 1. The molecule has 0 aromatic rings. The minimum atomic E-state index is -3.82. The van der Waals surface area contributed by atoms with Gasteiger partial charge in [-0.05, 0) is 38.5 Å². The van der Waals surface area contributed by atoms with Crippen LogP contribution in [0.1, 0.15) is 119 Å². The van der Waals surface area contributed by atoms with Crippen molar-refractivity contribution in [3.8, 4) is 0 Å². The van der Waals surface area contributed by atoms with Gasteiger partial charge in [-0.15, -0.1) is 0 Å². The van der Waals surface area contributed by atoms with E-state index in [-0.39, 0.29) is 26.4 Å². The Labute approximate surface area is 251 Å². The summed E-state index contributed by atoms with van der Waals surface area (Å²) in [6, 6.07) is 0. The number of hydroxylamine groups is 2. The van der Waals surface area contributed by atoms with Crippen LogP contribution in [-0.2, 0) is 42.0 Å². The number of hydrogen-bond acceptors (Lipinski definition) is 9. The lowest BCUT2D eigenvalue weighted by Crippen LogP contribution is -2.50. The Kier molecular flexibility index (Phi) is 27.8. The molecule has 0 aromatic carbocycles. The molecule has 0 saturated carbocycles. The fraction of sp³-hybridized carbons (Fsp3) is 0.967. The van der Waals surface area contributed by atoms with Crippen molar-refractivity contribution in [2.24, 2.45) is 0 Å². The van der Waals surface area contributed by atoms with Gasteiger partial charge < -0.3 is 14.2 Å². The molecule has 0 heterocycles. The highest BCUT2D eigenvalue weighted by Crippen LogP contribution is 2.50. The van der Waals surface area contributed by atoms with Gasteiger partial charge in [0.15, 0.2) is 0 Å².